The van der Waals surface area contributed by atoms with Crippen molar-refractivity contribution in [3.05, 3.63) is 24.0 Å². The summed E-state index contributed by atoms with van der Waals surface area (Å²) < 4.78 is 59.5. The zero-order valence-corrected chi connectivity index (χ0v) is 14.9. The van der Waals surface area contributed by atoms with Crippen LogP contribution in [0.1, 0.15) is 13.8 Å². The van der Waals surface area contributed by atoms with Crippen LogP contribution in [0.2, 0.25) is 0 Å². The van der Waals surface area contributed by atoms with Crippen LogP contribution in [-0.4, -0.2) is 62.2 Å². The Bertz CT molecular complexity index is 737. The number of aliphatic imine (C=N–C) groups is 1. The Morgan fingerprint density at radius 3 is 1.96 bits per heavy atom. The van der Waals surface area contributed by atoms with Crippen molar-refractivity contribution in [3.63, 3.8) is 0 Å². The second-order valence-electron chi connectivity index (χ2n) is 4.60. The molecule has 12 heteroatoms. The minimum atomic E-state index is -4.17. The average Bonchev–Trinajstić information content (AvgIpc) is 2.41. The van der Waals surface area contributed by atoms with Crippen molar-refractivity contribution in [1.82, 2.24) is 10.6 Å². The van der Waals surface area contributed by atoms with Crippen molar-refractivity contribution in [3.8, 4) is 0 Å². The lowest BCUT2D eigenvalue weighted by Gasteiger charge is -2.10. The zero-order chi connectivity index (χ0) is 19.0. The van der Waals surface area contributed by atoms with Crippen molar-refractivity contribution in [2.45, 2.75) is 13.8 Å². The molecule has 138 valence electrons. The third-order valence-electron chi connectivity index (χ3n) is 2.57. The summed E-state index contributed by atoms with van der Waals surface area (Å²) in [4.78, 5) is 15.8. The van der Waals surface area contributed by atoms with Gasteiger partial charge in [-0.2, -0.15) is 16.8 Å². The number of nitrogens with one attached hydrogen (secondary N) is 2. The number of carbonyl (C=O) groups excluding carboxylic acids is 1. The first-order valence-corrected chi connectivity index (χ1v) is 9.91. The molecule has 4 N–H and O–H groups in total. The molecular formula is C12H21N3O7S2. The molecular weight excluding hydrogens is 362 g/mol. The molecule has 0 saturated carbocycles. The Balaban J connectivity index is 4.68. The molecule has 0 aromatic rings. The molecule has 0 aliphatic carbocycles. The number of hydrogen-bond acceptors (Lipinski definition) is 7. The van der Waals surface area contributed by atoms with E-state index in [4.69, 9.17) is 9.11 Å². The smallest absolute Gasteiger partial charge is 0.269 e. The van der Waals surface area contributed by atoms with Gasteiger partial charge in [0.1, 0.15) is 5.70 Å². The quantitative estimate of drug-likeness (QED) is 0.220. The van der Waals surface area contributed by atoms with Crippen LogP contribution in [0.5, 0.6) is 0 Å². The molecule has 0 aromatic carbocycles. The van der Waals surface area contributed by atoms with Crippen LogP contribution in [0.4, 0.5) is 0 Å². The van der Waals surface area contributed by atoms with E-state index in [0.29, 0.717) is 5.71 Å². The van der Waals surface area contributed by atoms with Gasteiger partial charge in [-0.15, -0.1) is 0 Å². The molecule has 0 fully saturated rings. The van der Waals surface area contributed by atoms with Gasteiger partial charge >= 0.3 is 0 Å². The third-order valence-corrected chi connectivity index (χ3v) is 4.02. The summed E-state index contributed by atoms with van der Waals surface area (Å²) in [5.74, 6) is -1.78. The van der Waals surface area contributed by atoms with Crippen LogP contribution < -0.4 is 10.6 Å². The summed E-state index contributed by atoms with van der Waals surface area (Å²) in [7, 11) is -8.27. The maximum Gasteiger partial charge on any atom is 0.269 e. The van der Waals surface area contributed by atoms with E-state index < -0.39 is 37.6 Å². The van der Waals surface area contributed by atoms with Gasteiger partial charge in [-0.1, -0.05) is 12.7 Å². The highest BCUT2D eigenvalue weighted by Crippen LogP contribution is 2.01. The first kappa shape index (κ1) is 22.2. The van der Waals surface area contributed by atoms with E-state index in [1.165, 1.54) is 13.0 Å². The molecule has 0 bridgehead atoms. The lowest BCUT2D eigenvalue weighted by atomic mass is 10.3. The normalized spacial score (nSPS) is 13.5. The van der Waals surface area contributed by atoms with Crippen LogP contribution in [0, 0.1) is 0 Å². The first-order chi connectivity index (χ1) is 10.9. The lowest BCUT2D eigenvalue weighted by Crippen LogP contribution is -2.30. The van der Waals surface area contributed by atoms with Crippen LogP contribution >= 0.6 is 0 Å². The number of allylic oxidation sites excluding steroid dienone is 2. The molecule has 0 aliphatic heterocycles. The van der Waals surface area contributed by atoms with Gasteiger partial charge in [0.2, 0.25) is 0 Å². The molecule has 0 unspecified atom stereocenters. The van der Waals surface area contributed by atoms with Gasteiger partial charge in [0, 0.05) is 18.8 Å². The molecule has 0 saturated heterocycles. The van der Waals surface area contributed by atoms with Crippen molar-refractivity contribution in [2.24, 2.45) is 4.99 Å². The van der Waals surface area contributed by atoms with Gasteiger partial charge in [0.25, 0.3) is 26.1 Å². The van der Waals surface area contributed by atoms with Crippen molar-refractivity contribution in [2.75, 3.05) is 24.6 Å². The molecule has 0 atom stereocenters. The number of nitrogens with zero attached hydrogens (tertiary/aromatic N) is 1. The summed E-state index contributed by atoms with van der Waals surface area (Å²) >= 11 is 0. The Morgan fingerprint density at radius 2 is 1.54 bits per heavy atom. The van der Waals surface area contributed by atoms with E-state index in [1.54, 1.807) is 6.92 Å². The summed E-state index contributed by atoms with van der Waals surface area (Å²) in [6, 6.07) is 0. The van der Waals surface area contributed by atoms with Crippen LogP contribution in [0.15, 0.2) is 29.0 Å². The van der Waals surface area contributed by atoms with Gasteiger partial charge in [-0.3, -0.25) is 13.9 Å². The average molecular weight is 383 g/mol. The van der Waals surface area contributed by atoms with Crippen molar-refractivity contribution >= 4 is 31.9 Å². The highest BCUT2D eigenvalue weighted by Gasteiger charge is 2.11. The fraction of sp³-hybridized carbons (Fsp3) is 0.500. The van der Waals surface area contributed by atoms with Gasteiger partial charge in [0.05, 0.1) is 17.2 Å². The number of rotatable bonds is 10. The molecule has 0 spiro atoms. The minimum Gasteiger partial charge on any atom is -0.383 e. The Kier molecular flexibility index (Phi) is 8.82. The third kappa shape index (κ3) is 10.9. The maximum atomic E-state index is 11.8. The van der Waals surface area contributed by atoms with Crippen molar-refractivity contribution in [1.29, 1.82) is 0 Å². The maximum absolute atomic E-state index is 11.8. The molecule has 0 aromatic heterocycles. The Hall–Kier alpha value is -1.76. The molecule has 24 heavy (non-hydrogen) atoms. The first-order valence-electron chi connectivity index (χ1n) is 6.69. The zero-order valence-electron chi connectivity index (χ0n) is 13.3. The highest BCUT2D eigenvalue weighted by molar-refractivity contribution is 7.86. The summed E-state index contributed by atoms with van der Waals surface area (Å²) in [5, 5.41) is 4.92. The standard InChI is InChI=1S/C12H21N3O7S2/c1-4-11(12(16)14-6-8-24(20,21)22)15-10(3)9(2)13-5-7-23(17,18)19/h4,13H,2,5-8H2,1,3H3,(H,14,16)(H,17,18,19)(H,20,21,22)/b11-4-,15-10+. The van der Waals surface area contributed by atoms with Gasteiger partial charge in [-0.05, 0) is 13.8 Å². The minimum absolute atomic E-state index is 0.0134. The van der Waals surface area contributed by atoms with E-state index in [-0.39, 0.29) is 24.5 Å². The topological polar surface area (TPSA) is 162 Å². The Labute approximate surface area is 141 Å². The fourth-order valence-electron chi connectivity index (χ4n) is 1.34. The molecule has 1 amide bonds. The second kappa shape index (κ2) is 9.52. The van der Waals surface area contributed by atoms with E-state index in [0.717, 1.165) is 0 Å². The number of amides is 1. The summed E-state index contributed by atoms with van der Waals surface area (Å²) in [6.07, 6.45) is 1.39. The van der Waals surface area contributed by atoms with Gasteiger partial charge < -0.3 is 10.6 Å². The lowest BCUT2D eigenvalue weighted by molar-refractivity contribution is -0.117. The summed E-state index contributed by atoms with van der Waals surface area (Å²) in [6.45, 7) is 6.33. The monoisotopic (exact) mass is 383 g/mol. The largest absolute Gasteiger partial charge is 0.383 e. The van der Waals surface area contributed by atoms with Crippen molar-refractivity contribution < 1.29 is 30.7 Å². The van der Waals surface area contributed by atoms with Gasteiger partial charge in [0.15, 0.2) is 0 Å². The Morgan fingerprint density at radius 1 is 1.08 bits per heavy atom. The highest BCUT2D eigenvalue weighted by atomic mass is 32.2. The molecule has 0 heterocycles. The molecule has 0 aliphatic rings. The van der Waals surface area contributed by atoms with E-state index >= 15 is 0 Å². The number of carbonyl (C=O) groups is 1. The summed E-state index contributed by atoms with van der Waals surface area (Å²) in [5.41, 5.74) is 0.535. The SMILES string of the molecule is C=C(NCCS(=O)(=O)O)/C(C)=N/C(=C\C)C(=O)NCCS(=O)(=O)O. The molecule has 10 nitrogen and oxygen atoms in total. The van der Waals surface area contributed by atoms with Gasteiger partial charge in [-0.25, -0.2) is 4.99 Å². The predicted octanol–water partition coefficient (Wildman–Crippen LogP) is -0.654. The second-order valence-corrected chi connectivity index (χ2v) is 7.75. The van der Waals surface area contributed by atoms with E-state index in [2.05, 4.69) is 22.2 Å². The fourth-order valence-corrected chi connectivity index (χ4v) is 2.06. The van der Waals surface area contributed by atoms with Crippen LogP contribution in [-0.2, 0) is 25.0 Å². The number of hydrogen-bond donors (Lipinski definition) is 4. The molecule has 0 radical (unpaired) electrons. The van der Waals surface area contributed by atoms with Crippen LogP contribution in [0.25, 0.3) is 0 Å². The van der Waals surface area contributed by atoms with Crippen LogP contribution in [0.3, 0.4) is 0 Å². The predicted molar refractivity (Wildman–Crippen MR) is 89.8 cm³/mol. The van der Waals surface area contributed by atoms with E-state index in [9.17, 15) is 21.6 Å². The van der Waals surface area contributed by atoms with E-state index in [1.807, 2.05) is 0 Å². The molecule has 0 rings (SSSR count).